The minimum absolute atomic E-state index is 0.400. The summed E-state index contributed by atoms with van der Waals surface area (Å²) in [7, 11) is 3.36. The molecule has 0 atom stereocenters. The van der Waals surface area contributed by atoms with Crippen LogP contribution < -0.4 is 5.73 Å². The molecule has 0 bridgehead atoms. The van der Waals surface area contributed by atoms with Crippen molar-refractivity contribution in [2.75, 3.05) is 20.8 Å². The van der Waals surface area contributed by atoms with Gasteiger partial charge in [0.15, 0.2) is 0 Å². The van der Waals surface area contributed by atoms with Crippen LogP contribution in [0.3, 0.4) is 0 Å². The van der Waals surface area contributed by atoms with E-state index in [1.54, 1.807) is 14.2 Å². The second-order valence-corrected chi connectivity index (χ2v) is 3.54. The molecule has 0 aliphatic rings. The maximum atomic E-state index is 5.58. The van der Waals surface area contributed by atoms with Crippen molar-refractivity contribution in [3.8, 4) is 0 Å². The molecule has 0 amide bonds. The van der Waals surface area contributed by atoms with E-state index >= 15 is 0 Å². The monoisotopic (exact) mass is 228 g/mol. The fourth-order valence-electron chi connectivity index (χ4n) is 1.51. The maximum absolute atomic E-state index is 5.58. The minimum Gasteiger partial charge on any atom is -0.385 e. The van der Waals surface area contributed by atoms with E-state index in [9.17, 15) is 0 Å². The Morgan fingerprint density at radius 1 is 1.25 bits per heavy atom. The normalized spacial score (nSPS) is 10.9. The Balaban J connectivity index is 2.53. The van der Waals surface area contributed by atoms with Gasteiger partial charge in [0, 0.05) is 33.9 Å². The van der Waals surface area contributed by atoms with Crippen molar-refractivity contribution < 1.29 is 9.47 Å². The number of methoxy groups -OCH3 is 2. The molecule has 0 unspecified atom stereocenters. The van der Waals surface area contributed by atoms with Crippen LogP contribution in [0.5, 0.6) is 0 Å². The van der Waals surface area contributed by atoms with Crippen molar-refractivity contribution in [1.29, 1.82) is 0 Å². The Bertz CT molecular complexity index is 301. The summed E-state index contributed by atoms with van der Waals surface area (Å²) in [5.41, 5.74) is 7.37. The molecule has 6 nitrogen and oxygen atoms in total. The van der Waals surface area contributed by atoms with Crippen LogP contribution in [-0.4, -0.2) is 35.8 Å². The van der Waals surface area contributed by atoms with Gasteiger partial charge in [0.2, 0.25) is 0 Å². The first-order valence-corrected chi connectivity index (χ1v) is 5.42. The summed E-state index contributed by atoms with van der Waals surface area (Å²) in [5, 5.41) is 8.10. The fourth-order valence-corrected chi connectivity index (χ4v) is 1.51. The van der Waals surface area contributed by atoms with Crippen molar-refractivity contribution in [3.05, 3.63) is 11.4 Å². The number of unbranched alkanes of at least 4 members (excludes halogenated alkanes) is 1. The van der Waals surface area contributed by atoms with Crippen LogP contribution in [0.2, 0.25) is 0 Å². The number of nitrogens with two attached hydrogens (primary N) is 1. The number of aryl methyl sites for hydroxylation is 1. The highest BCUT2D eigenvalue weighted by atomic mass is 16.5. The van der Waals surface area contributed by atoms with Crippen LogP contribution in [0.4, 0.5) is 0 Å². The molecule has 1 rings (SSSR count). The largest absolute Gasteiger partial charge is 0.385 e. The average molecular weight is 228 g/mol. The summed E-state index contributed by atoms with van der Waals surface area (Å²) in [6.45, 7) is 2.51. The standard InChI is InChI=1S/C10H20N4O2/c1-15-6-4-3-5-14-10(8-16-2)9(7-11)12-13-14/h3-8,11H2,1-2H3. The summed E-state index contributed by atoms with van der Waals surface area (Å²) >= 11 is 0. The second kappa shape index (κ2) is 7.32. The maximum Gasteiger partial charge on any atom is 0.102 e. The molecule has 16 heavy (non-hydrogen) atoms. The third-order valence-electron chi connectivity index (χ3n) is 2.36. The Hall–Kier alpha value is -0.980. The fraction of sp³-hybridized carbons (Fsp3) is 0.800. The number of hydrogen-bond donors (Lipinski definition) is 1. The molecule has 92 valence electrons. The van der Waals surface area contributed by atoms with Crippen molar-refractivity contribution in [2.45, 2.75) is 32.5 Å². The molecular weight excluding hydrogens is 208 g/mol. The predicted molar refractivity (Wildman–Crippen MR) is 59.7 cm³/mol. The van der Waals surface area contributed by atoms with E-state index in [2.05, 4.69) is 10.3 Å². The van der Waals surface area contributed by atoms with Crippen molar-refractivity contribution >= 4 is 0 Å². The van der Waals surface area contributed by atoms with Gasteiger partial charge in [-0.2, -0.15) is 0 Å². The summed E-state index contributed by atoms with van der Waals surface area (Å²) < 4.78 is 12.0. The predicted octanol–water partition coefficient (Wildman–Crippen LogP) is 0.310. The lowest BCUT2D eigenvalue weighted by atomic mass is 10.3. The Morgan fingerprint density at radius 2 is 2.06 bits per heavy atom. The van der Waals surface area contributed by atoms with Gasteiger partial charge in [0.25, 0.3) is 0 Å². The molecule has 0 saturated heterocycles. The Morgan fingerprint density at radius 3 is 2.69 bits per heavy atom. The third kappa shape index (κ3) is 3.55. The van der Waals surface area contributed by atoms with E-state index in [0.717, 1.165) is 37.4 Å². The van der Waals surface area contributed by atoms with Crippen LogP contribution in [0.1, 0.15) is 24.2 Å². The van der Waals surface area contributed by atoms with Gasteiger partial charge in [0.05, 0.1) is 12.3 Å². The molecule has 0 aliphatic heterocycles. The molecule has 6 heteroatoms. The van der Waals surface area contributed by atoms with Crippen LogP contribution in [0.25, 0.3) is 0 Å². The molecule has 1 aromatic rings. The van der Waals surface area contributed by atoms with Crippen molar-refractivity contribution in [3.63, 3.8) is 0 Å². The van der Waals surface area contributed by atoms with E-state index < -0.39 is 0 Å². The molecule has 1 heterocycles. The van der Waals surface area contributed by atoms with Crippen molar-refractivity contribution in [1.82, 2.24) is 15.0 Å². The summed E-state index contributed by atoms with van der Waals surface area (Å²) in [5.74, 6) is 0. The van der Waals surface area contributed by atoms with Gasteiger partial charge in [-0.25, -0.2) is 4.68 Å². The topological polar surface area (TPSA) is 75.2 Å². The number of hydrogen-bond acceptors (Lipinski definition) is 5. The lowest BCUT2D eigenvalue weighted by molar-refractivity contribution is 0.173. The first kappa shape index (κ1) is 13.1. The molecule has 0 spiro atoms. The lowest BCUT2D eigenvalue weighted by Gasteiger charge is -2.06. The van der Waals surface area contributed by atoms with E-state index in [1.807, 2.05) is 4.68 Å². The Kier molecular flexibility index (Phi) is 5.99. The molecule has 0 fully saturated rings. The Labute approximate surface area is 95.7 Å². The molecule has 0 radical (unpaired) electrons. The average Bonchev–Trinajstić information content (AvgIpc) is 2.68. The zero-order chi connectivity index (χ0) is 11.8. The quantitative estimate of drug-likeness (QED) is 0.648. The number of rotatable bonds is 8. The van der Waals surface area contributed by atoms with Crippen LogP contribution in [0.15, 0.2) is 0 Å². The highest BCUT2D eigenvalue weighted by molar-refractivity contribution is 5.08. The van der Waals surface area contributed by atoms with Crippen molar-refractivity contribution in [2.24, 2.45) is 5.73 Å². The smallest absolute Gasteiger partial charge is 0.102 e. The summed E-state index contributed by atoms with van der Waals surface area (Å²) in [4.78, 5) is 0. The lowest BCUT2D eigenvalue weighted by Crippen LogP contribution is -2.09. The third-order valence-corrected chi connectivity index (χ3v) is 2.36. The van der Waals surface area contributed by atoms with E-state index in [-0.39, 0.29) is 0 Å². The van der Waals surface area contributed by atoms with Crippen LogP contribution in [-0.2, 0) is 29.2 Å². The molecule has 0 aliphatic carbocycles. The molecular formula is C10H20N4O2. The number of aromatic nitrogens is 3. The number of ether oxygens (including phenoxy) is 2. The summed E-state index contributed by atoms with van der Waals surface area (Å²) in [6, 6.07) is 0. The minimum atomic E-state index is 0.400. The highest BCUT2D eigenvalue weighted by Crippen LogP contribution is 2.07. The molecule has 0 aromatic carbocycles. The van der Waals surface area contributed by atoms with Gasteiger partial charge >= 0.3 is 0 Å². The zero-order valence-electron chi connectivity index (χ0n) is 9.98. The van der Waals surface area contributed by atoms with Gasteiger partial charge in [-0.15, -0.1) is 5.10 Å². The van der Waals surface area contributed by atoms with Gasteiger partial charge in [-0.3, -0.25) is 0 Å². The van der Waals surface area contributed by atoms with E-state index in [0.29, 0.717) is 13.2 Å². The first-order chi connectivity index (χ1) is 7.83. The highest BCUT2D eigenvalue weighted by Gasteiger charge is 2.10. The molecule has 2 N–H and O–H groups in total. The van der Waals surface area contributed by atoms with Gasteiger partial charge < -0.3 is 15.2 Å². The van der Waals surface area contributed by atoms with Crippen LogP contribution in [0, 0.1) is 0 Å². The van der Waals surface area contributed by atoms with Crippen LogP contribution >= 0.6 is 0 Å². The molecule has 1 aromatic heterocycles. The molecule has 0 saturated carbocycles. The zero-order valence-corrected chi connectivity index (χ0v) is 9.98. The van der Waals surface area contributed by atoms with Gasteiger partial charge in [0.1, 0.15) is 5.69 Å². The number of nitrogens with zero attached hydrogens (tertiary/aromatic N) is 3. The summed E-state index contributed by atoms with van der Waals surface area (Å²) in [6.07, 6.45) is 2.03. The van der Waals surface area contributed by atoms with Gasteiger partial charge in [-0.05, 0) is 12.8 Å². The van der Waals surface area contributed by atoms with E-state index in [4.69, 9.17) is 15.2 Å². The SMILES string of the molecule is COCCCCn1nnc(CN)c1COC. The second-order valence-electron chi connectivity index (χ2n) is 3.54. The van der Waals surface area contributed by atoms with E-state index in [1.165, 1.54) is 0 Å². The first-order valence-electron chi connectivity index (χ1n) is 5.42. The van der Waals surface area contributed by atoms with Gasteiger partial charge in [-0.1, -0.05) is 5.21 Å².